The van der Waals surface area contributed by atoms with Crippen molar-refractivity contribution in [1.82, 2.24) is 15.1 Å². The third-order valence-corrected chi connectivity index (χ3v) is 6.12. The number of rotatable bonds is 7. The van der Waals surface area contributed by atoms with Crippen LogP contribution in [0.15, 0.2) is 46.2 Å². The Morgan fingerprint density at radius 2 is 1.96 bits per heavy atom. The number of hydrogen-bond acceptors (Lipinski definition) is 6. The van der Waals surface area contributed by atoms with E-state index in [0.717, 1.165) is 48.5 Å². The topological polar surface area (TPSA) is 51.4 Å². The fourth-order valence-corrected chi connectivity index (χ4v) is 4.25. The summed E-state index contributed by atoms with van der Waals surface area (Å²) in [6.07, 6.45) is 4.87. The maximum absolute atomic E-state index is 5.82. The van der Waals surface area contributed by atoms with Gasteiger partial charge in [-0.3, -0.25) is 4.90 Å². The van der Waals surface area contributed by atoms with Crippen molar-refractivity contribution in [2.45, 2.75) is 32.2 Å². The monoisotopic (exact) mass is 383 g/mol. The normalized spacial score (nSPS) is 15.9. The van der Waals surface area contributed by atoms with Gasteiger partial charge in [0.05, 0.1) is 18.5 Å². The van der Waals surface area contributed by atoms with Gasteiger partial charge in [-0.15, -0.1) is 21.5 Å². The zero-order chi connectivity index (χ0) is 18.5. The number of piperidine rings is 1. The van der Waals surface area contributed by atoms with Crippen LogP contribution in [-0.4, -0.2) is 35.3 Å². The fourth-order valence-electron chi connectivity index (χ4n) is 3.60. The largest absolute Gasteiger partial charge is 0.497 e. The van der Waals surface area contributed by atoms with E-state index in [1.165, 1.54) is 24.8 Å². The molecule has 0 amide bonds. The van der Waals surface area contributed by atoms with E-state index >= 15 is 0 Å². The summed E-state index contributed by atoms with van der Waals surface area (Å²) in [7, 11) is 1.71. The second-order valence-corrected chi connectivity index (χ2v) is 8.03. The molecule has 0 N–H and O–H groups in total. The third-order valence-electron chi connectivity index (χ3n) is 5.27. The fraction of sp³-hybridized carbons (Fsp3) is 0.429. The van der Waals surface area contributed by atoms with Gasteiger partial charge >= 0.3 is 0 Å². The first kappa shape index (κ1) is 18.2. The van der Waals surface area contributed by atoms with Crippen LogP contribution in [-0.2, 0) is 13.0 Å². The molecule has 0 aliphatic carbocycles. The highest BCUT2D eigenvalue weighted by Gasteiger charge is 2.21. The van der Waals surface area contributed by atoms with Crippen molar-refractivity contribution < 1.29 is 9.15 Å². The Labute approximate surface area is 164 Å². The van der Waals surface area contributed by atoms with E-state index in [4.69, 9.17) is 9.15 Å². The number of aryl methyl sites for hydroxylation is 1. The molecule has 0 spiro atoms. The molecule has 3 aromatic rings. The number of benzene rings is 1. The summed E-state index contributed by atoms with van der Waals surface area (Å²) < 4.78 is 11.0. The summed E-state index contributed by atoms with van der Waals surface area (Å²) in [4.78, 5) is 3.46. The van der Waals surface area contributed by atoms with Gasteiger partial charge in [-0.2, -0.15) is 0 Å². The summed E-state index contributed by atoms with van der Waals surface area (Å²) in [5.74, 6) is 3.08. The van der Waals surface area contributed by atoms with Crippen LogP contribution in [0.5, 0.6) is 5.75 Å². The molecular formula is C21H25N3O2S. The van der Waals surface area contributed by atoms with Crippen molar-refractivity contribution in [3.63, 3.8) is 0 Å². The lowest BCUT2D eigenvalue weighted by Gasteiger charge is -2.31. The van der Waals surface area contributed by atoms with E-state index in [-0.39, 0.29) is 0 Å². The van der Waals surface area contributed by atoms with Gasteiger partial charge < -0.3 is 9.15 Å². The molecule has 5 nitrogen and oxygen atoms in total. The van der Waals surface area contributed by atoms with Gasteiger partial charge in [0.15, 0.2) is 0 Å². The molecule has 4 rings (SSSR count). The van der Waals surface area contributed by atoms with E-state index in [2.05, 4.69) is 27.2 Å². The van der Waals surface area contributed by atoms with Crippen LogP contribution in [0.1, 0.15) is 30.7 Å². The van der Waals surface area contributed by atoms with Crippen LogP contribution in [0.4, 0.5) is 0 Å². The summed E-state index contributed by atoms with van der Waals surface area (Å²) in [6, 6.07) is 12.5. The van der Waals surface area contributed by atoms with Crippen LogP contribution in [0, 0.1) is 5.92 Å². The molecular weight excluding hydrogens is 358 g/mol. The van der Waals surface area contributed by atoms with Crippen molar-refractivity contribution in [3.05, 3.63) is 53.2 Å². The smallest absolute Gasteiger partial charge is 0.257 e. The molecule has 0 saturated carbocycles. The van der Waals surface area contributed by atoms with Gasteiger partial charge in [0, 0.05) is 0 Å². The molecule has 6 heteroatoms. The second kappa shape index (κ2) is 8.67. The third kappa shape index (κ3) is 4.76. The first-order chi connectivity index (χ1) is 13.3. The summed E-state index contributed by atoms with van der Waals surface area (Å²) in [5, 5.41) is 10.4. The van der Waals surface area contributed by atoms with E-state index in [9.17, 15) is 0 Å². The molecule has 1 aliphatic heterocycles. The number of nitrogens with zero attached hydrogens (tertiary/aromatic N) is 3. The SMILES string of the molecule is COc1ccc(CCC2CCN(Cc3nnc(-c4cccs4)o3)CC2)cc1. The molecule has 142 valence electrons. The minimum absolute atomic E-state index is 0.634. The lowest BCUT2D eigenvalue weighted by Crippen LogP contribution is -2.33. The minimum Gasteiger partial charge on any atom is -0.497 e. The highest BCUT2D eigenvalue weighted by molar-refractivity contribution is 7.13. The highest BCUT2D eigenvalue weighted by Crippen LogP contribution is 2.26. The van der Waals surface area contributed by atoms with E-state index in [1.807, 2.05) is 29.6 Å². The van der Waals surface area contributed by atoms with Crippen molar-refractivity contribution in [3.8, 4) is 16.5 Å². The van der Waals surface area contributed by atoms with Gasteiger partial charge in [0.25, 0.3) is 5.89 Å². The first-order valence-corrected chi connectivity index (χ1v) is 10.4. The summed E-state index contributed by atoms with van der Waals surface area (Å²) in [5.41, 5.74) is 1.39. The molecule has 1 aliphatic rings. The average Bonchev–Trinajstić information content (AvgIpc) is 3.40. The highest BCUT2D eigenvalue weighted by atomic mass is 32.1. The predicted octanol–water partition coefficient (Wildman–Crippen LogP) is 4.65. The lowest BCUT2D eigenvalue weighted by molar-refractivity contribution is 0.160. The molecule has 1 aromatic carbocycles. The number of hydrogen-bond donors (Lipinski definition) is 0. The Kier molecular flexibility index (Phi) is 5.84. The van der Waals surface area contributed by atoms with Crippen molar-refractivity contribution in [1.29, 1.82) is 0 Å². The zero-order valence-corrected chi connectivity index (χ0v) is 16.5. The maximum atomic E-state index is 5.82. The van der Waals surface area contributed by atoms with Gasteiger partial charge in [-0.1, -0.05) is 18.2 Å². The van der Waals surface area contributed by atoms with E-state index < -0.39 is 0 Å². The molecule has 3 heterocycles. The van der Waals surface area contributed by atoms with Crippen LogP contribution < -0.4 is 4.74 Å². The molecule has 27 heavy (non-hydrogen) atoms. The summed E-state index contributed by atoms with van der Waals surface area (Å²) in [6.45, 7) is 2.96. The molecule has 0 radical (unpaired) electrons. The summed E-state index contributed by atoms with van der Waals surface area (Å²) >= 11 is 1.62. The van der Waals surface area contributed by atoms with Crippen molar-refractivity contribution in [2.24, 2.45) is 5.92 Å². The molecule has 0 atom stereocenters. The van der Waals surface area contributed by atoms with Crippen LogP contribution in [0.2, 0.25) is 0 Å². The number of ether oxygens (including phenoxy) is 1. The predicted molar refractivity (Wildman–Crippen MR) is 107 cm³/mol. The Morgan fingerprint density at radius 1 is 1.15 bits per heavy atom. The Balaban J connectivity index is 1.22. The first-order valence-electron chi connectivity index (χ1n) is 9.51. The maximum Gasteiger partial charge on any atom is 0.257 e. The van der Waals surface area contributed by atoms with Crippen LogP contribution in [0.3, 0.4) is 0 Å². The minimum atomic E-state index is 0.634. The van der Waals surface area contributed by atoms with Gasteiger partial charge in [0.2, 0.25) is 5.89 Å². The molecule has 1 saturated heterocycles. The standard InChI is InChI=1S/C21H25N3O2S/c1-25-18-8-6-16(7-9-18)4-5-17-10-12-24(13-11-17)15-20-22-23-21(26-20)19-3-2-14-27-19/h2-3,6-9,14,17H,4-5,10-13,15H2,1H3. The quantitative estimate of drug-likeness (QED) is 0.594. The average molecular weight is 384 g/mol. The van der Waals surface area contributed by atoms with Crippen LogP contribution >= 0.6 is 11.3 Å². The molecule has 2 aromatic heterocycles. The zero-order valence-electron chi connectivity index (χ0n) is 15.6. The Bertz CT molecular complexity index is 822. The Hall–Kier alpha value is -2.18. The van der Waals surface area contributed by atoms with Gasteiger partial charge in [-0.05, 0) is 73.8 Å². The number of aromatic nitrogens is 2. The van der Waals surface area contributed by atoms with Crippen molar-refractivity contribution in [2.75, 3.05) is 20.2 Å². The second-order valence-electron chi connectivity index (χ2n) is 7.08. The molecule has 0 unspecified atom stereocenters. The molecule has 1 fully saturated rings. The van der Waals surface area contributed by atoms with E-state index in [0.29, 0.717) is 5.89 Å². The van der Waals surface area contributed by atoms with Gasteiger partial charge in [0.1, 0.15) is 5.75 Å². The van der Waals surface area contributed by atoms with E-state index in [1.54, 1.807) is 18.4 Å². The van der Waals surface area contributed by atoms with Crippen LogP contribution in [0.25, 0.3) is 10.8 Å². The van der Waals surface area contributed by atoms with Gasteiger partial charge in [-0.25, -0.2) is 0 Å². The number of likely N-dealkylation sites (tertiary alicyclic amines) is 1. The van der Waals surface area contributed by atoms with Crippen molar-refractivity contribution >= 4 is 11.3 Å². The number of methoxy groups -OCH3 is 1. The number of thiophene rings is 1. The Morgan fingerprint density at radius 3 is 2.67 bits per heavy atom. The lowest BCUT2D eigenvalue weighted by atomic mass is 9.90. The molecule has 0 bridgehead atoms.